The predicted octanol–water partition coefficient (Wildman–Crippen LogP) is 4.33. The molecule has 0 aliphatic heterocycles. The molecule has 0 aliphatic carbocycles. The normalized spacial score (nSPS) is 11.1. The number of aromatic nitrogens is 2. The predicted molar refractivity (Wildman–Crippen MR) is 80.5 cm³/mol. The maximum Gasteiger partial charge on any atom is 0.121 e. The van der Waals surface area contributed by atoms with Crippen LogP contribution < -0.4 is 4.74 Å². The van der Waals surface area contributed by atoms with Crippen LogP contribution in [0.1, 0.15) is 13.3 Å². The van der Waals surface area contributed by atoms with Gasteiger partial charge in [0.05, 0.1) is 23.2 Å². The van der Waals surface area contributed by atoms with Crippen molar-refractivity contribution >= 4 is 38.0 Å². The van der Waals surface area contributed by atoms with Crippen molar-refractivity contribution in [1.82, 2.24) is 9.97 Å². The van der Waals surface area contributed by atoms with Crippen LogP contribution in [0.3, 0.4) is 0 Å². The lowest BCUT2D eigenvalue weighted by Crippen LogP contribution is -1.95. The summed E-state index contributed by atoms with van der Waals surface area (Å²) in [6, 6.07) is 11.7. The fourth-order valence-corrected chi connectivity index (χ4v) is 2.40. The van der Waals surface area contributed by atoms with Gasteiger partial charge in [-0.25, -0.2) is 9.97 Å². The number of nitrogens with zero attached hydrogens (tertiary/aromatic N) is 2. The molecule has 2 aromatic carbocycles. The molecule has 0 atom stereocenters. The second kappa shape index (κ2) is 5.13. The van der Waals surface area contributed by atoms with Crippen LogP contribution in [-0.2, 0) is 0 Å². The number of hydrogen-bond acceptors (Lipinski definition) is 3. The van der Waals surface area contributed by atoms with E-state index in [9.17, 15) is 0 Å². The van der Waals surface area contributed by atoms with Gasteiger partial charge in [0, 0.05) is 10.5 Å². The zero-order chi connectivity index (χ0) is 13.2. The van der Waals surface area contributed by atoms with E-state index in [1.54, 1.807) is 0 Å². The molecule has 0 saturated carbocycles. The molecule has 1 heterocycles. The Balaban J connectivity index is 2.16. The largest absolute Gasteiger partial charge is 0.494 e. The van der Waals surface area contributed by atoms with Crippen molar-refractivity contribution in [2.24, 2.45) is 0 Å². The first kappa shape index (κ1) is 12.4. The average molecular weight is 317 g/mol. The Bertz CT molecular complexity index is 743. The number of ether oxygens (including phenoxy) is 1. The number of fused-ring (bicyclic) bond motifs is 2. The van der Waals surface area contributed by atoms with Crippen molar-refractivity contribution in [1.29, 1.82) is 0 Å². The van der Waals surface area contributed by atoms with Gasteiger partial charge in [0.1, 0.15) is 11.3 Å². The summed E-state index contributed by atoms with van der Waals surface area (Å²) in [6.45, 7) is 2.81. The molecule has 19 heavy (non-hydrogen) atoms. The Morgan fingerprint density at radius 2 is 1.95 bits per heavy atom. The molecular formula is C15H13BrN2O. The van der Waals surface area contributed by atoms with Crippen LogP contribution in [0.15, 0.2) is 40.9 Å². The summed E-state index contributed by atoms with van der Waals surface area (Å²) < 4.78 is 6.58. The Labute approximate surface area is 119 Å². The monoisotopic (exact) mass is 316 g/mol. The molecule has 0 fully saturated rings. The molecule has 0 unspecified atom stereocenters. The summed E-state index contributed by atoms with van der Waals surface area (Å²) in [4.78, 5) is 9.27. The van der Waals surface area contributed by atoms with Gasteiger partial charge in [-0.2, -0.15) is 0 Å². The van der Waals surface area contributed by atoms with Crippen LogP contribution in [0.4, 0.5) is 0 Å². The highest BCUT2D eigenvalue weighted by Gasteiger charge is 2.05. The molecule has 0 N–H and O–H groups in total. The molecule has 0 saturated heterocycles. The fraction of sp³-hybridized carbons (Fsp3) is 0.200. The van der Waals surface area contributed by atoms with E-state index < -0.39 is 0 Å². The SMILES string of the molecule is CCCOc1ccc2nc3cccc(Br)c3nc2c1. The molecule has 96 valence electrons. The summed E-state index contributed by atoms with van der Waals surface area (Å²) in [5, 5.41) is 0. The van der Waals surface area contributed by atoms with E-state index >= 15 is 0 Å². The third kappa shape index (κ3) is 2.40. The van der Waals surface area contributed by atoms with Gasteiger partial charge in [0.2, 0.25) is 0 Å². The van der Waals surface area contributed by atoms with Crippen LogP contribution in [0.2, 0.25) is 0 Å². The van der Waals surface area contributed by atoms with E-state index in [0.29, 0.717) is 0 Å². The van der Waals surface area contributed by atoms with Crippen molar-refractivity contribution in [3.8, 4) is 5.75 Å². The standard InChI is InChI=1S/C15H13BrN2O/c1-2-8-19-10-6-7-12-14(9-10)18-15-11(16)4-3-5-13(15)17-12/h3-7,9H,2,8H2,1H3. The molecule has 0 radical (unpaired) electrons. The zero-order valence-electron chi connectivity index (χ0n) is 10.6. The third-order valence-electron chi connectivity index (χ3n) is 2.86. The van der Waals surface area contributed by atoms with Crippen LogP contribution >= 0.6 is 15.9 Å². The minimum atomic E-state index is 0.718. The summed E-state index contributed by atoms with van der Waals surface area (Å²) >= 11 is 3.51. The zero-order valence-corrected chi connectivity index (χ0v) is 12.1. The van der Waals surface area contributed by atoms with Crippen molar-refractivity contribution in [3.05, 3.63) is 40.9 Å². The van der Waals surface area contributed by atoms with Gasteiger partial charge in [0.25, 0.3) is 0 Å². The van der Waals surface area contributed by atoms with E-state index in [4.69, 9.17) is 4.74 Å². The lowest BCUT2D eigenvalue weighted by Gasteiger charge is -2.06. The molecule has 3 rings (SSSR count). The van der Waals surface area contributed by atoms with Gasteiger partial charge in [-0.1, -0.05) is 13.0 Å². The highest BCUT2D eigenvalue weighted by Crippen LogP contribution is 2.25. The Kier molecular flexibility index (Phi) is 3.34. The summed E-state index contributed by atoms with van der Waals surface area (Å²) in [6.07, 6.45) is 0.993. The van der Waals surface area contributed by atoms with Gasteiger partial charge in [-0.3, -0.25) is 0 Å². The van der Waals surface area contributed by atoms with E-state index in [1.165, 1.54) is 0 Å². The Morgan fingerprint density at radius 1 is 1.05 bits per heavy atom. The van der Waals surface area contributed by atoms with Gasteiger partial charge in [0.15, 0.2) is 0 Å². The summed E-state index contributed by atoms with van der Waals surface area (Å²) in [5.41, 5.74) is 3.51. The molecule has 0 amide bonds. The molecule has 0 aliphatic rings. The molecule has 1 aromatic heterocycles. The molecule has 3 aromatic rings. The minimum Gasteiger partial charge on any atom is -0.494 e. The van der Waals surface area contributed by atoms with E-state index in [0.717, 1.165) is 45.3 Å². The molecule has 3 nitrogen and oxygen atoms in total. The maximum atomic E-state index is 5.63. The number of para-hydroxylation sites is 1. The average Bonchev–Trinajstić information content (AvgIpc) is 2.43. The summed E-state index contributed by atoms with van der Waals surface area (Å²) in [7, 11) is 0. The molecular weight excluding hydrogens is 304 g/mol. The van der Waals surface area contributed by atoms with Gasteiger partial charge >= 0.3 is 0 Å². The number of halogens is 1. The first-order valence-corrected chi connectivity index (χ1v) is 7.06. The van der Waals surface area contributed by atoms with Crippen molar-refractivity contribution in [2.75, 3.05) is 6.61 Å². The molecule has 0 spiro atoms. The third-order valence-corrected chi connectivity index (χ3v) is 3.50. The van der Waals surface area contributed by atoms with Crippen LogP contribution in [0.25, 0.3) is 22.1 Å². The van der Waals surface area contributed by atoms with Crippen molar-refractivity contribution in [2.45, 2.75) is 13.3 Å². The van der Waals surface area contributed by atoms with Gasteiger partial charge < -0.3 is 4.74 Å². The van der Waals surface area contributed by atoms with Crippen molar-refractivity contribution < 1.29 is 4.74 Å². The fourth-order valence-electron chi connectivity index (χ4n) is 1.95. The Morgan fingerprint density at radius 3 is 2.79 bits per heavy atom. The van der Waals surface area contributed by atoms with Crippen molar-refractivity contribution in [3.63, 3.8) is 0 Å². The first-order chi connectivity index (χ1) is 9.28. The van der Waals surface area contributed by atoms with Crippen LogP contribution in [-0.4, -0.2) is 16.6 Å². The van der Waals surface area contributed by atoms with E-state index in [2.05, 4.69) is 32.8 Å². The van der Waals surface area contributed by atoms with Crippen LogP contribution in [0.5, 0.6) is 5.75 Å². The second-order valence-electron chi connectivity index (χ2n) is 4.33. The smallest absolute Gasteiger partial charge is 0.121 e. The summed E-state index contributed by atoms with van der Waals surface area (Å²) in [5.74, 6) is 0.843. The quantitative estimate of drug-likeness (QED) is 0.674. The topological polar surface area (TPSA) is 35.0 Å². The lowest BCUT2D eigenvalue weighted by molar-refractivity contribution is 0.318. The highest BCUT2D eigenvalue weighted by molar-refractivity contribution is 9.10. The Hall–Kier alpha value is -1.68. The van der Waals surface area contributed by atoms with E-state index in [-0.39, 0.29) is 0 Å². The number of rotatable bonds is 3. The number of benzene rings is 2. The maximum absolute atomic E-state index is 5.63. The minimum absolute atomic E-state index is 0.718. The highest BCUT2D eigenvalue weighted by atomic mass is 79.9. The first-order valence-electron chi connectivity index (χ1n) is 6.27. The molecule has 0 bridgehead atoms. The van der Waals surface area contributed by atoms with E-state index in [1.807, 2.05) is 36.4 Å². The van der Waals surface area contributed by atoms with Gasteiger partial charge in [-0.15, -0.1) is 0 Å². The lowest BCUT2D eigenvalue weighted by atomic mass is 10.2. The second-order valence-corrected chi connectivity index (χ2v) is 5.18. The van der Waals surface area contributed by atoms with Gasteiger partial charge in [-0.05, 0) is 46.6 Å². The van der Waals surface area contributed by atoms with Crippen LogP contribution in [0, 0.1) is 0 Å². The molecule has 4 heteroatoms. The number of hydrogen-bond donors (Lipinski definition) is 0.